The summed E-state index contributed by atoms with van der Waals surface area (Å²) in [5, 5.41) is 6.63. The van der Waals surface area contributed by atoms with Gasteiger partial charge in [0.1, 0.15) is 23.7 Å². The fourth-order valence-corrected chi connectivity index (χ4v) is 2.94. The molecule has 25 heavy (non-hydrogen) atoms. The Balaban J connectivity index is 1.71. The predicted molar refractivity (Wildman–Crippen MR) is 105 cm³/mol. The highest BCUT2D eigenvalue weighted by Gasteiger charge is 2.05. The molecule has 128 valence electrons. The first kappa shape index (κ1) is 17.2. The number of aryl methyl sites for hydroxylation is 1. The molecule has 0 aliphatic carbocycles. The lowest BCUT2D eigenvalue weighted by Crippen LogP contribution is -2.04. The maximum atomic E-state index is 5.37. The Morgan fingerprint density at radius 3 is 2.64 bits per heavy atom. The number of anilines is 3. The molecule has 0 bridgehead atoms. The number of halogens is 1. The van der Waals surface area contributed by atoms with Crippen molar-refractivity contribution in [3.8, 4) is 5.75 Å². The summed E-state index contributed by atoms with van der Waals surface area (Å²) in [6.45, 7) is 2.67. The summed E-state index contributed by atoms with van der Waals surface area (Å²) in [5.74, 6) is 2.34. The second-order valence-corrected chi connectivity index (χ2v) is 6.45. The first-order chi connectivity index (χ1) is 12.2. The number of nitrogens with zero attached hydrogens (tertiary/aromatic N) is 2. The van der Waals surface area contributed by atoms with E-state index >= 15 is 0 Å². The highest BCUT2D eigenvalue weighted by atomic mass is 79.9. The fraction of sp³-hybridized carbons (Fsp3) is 0.158. The van der Waals surface area contributed by atoms with Crippen molar-refractivity contribution in [3.05, 3.63) is 70.5 Å². The van der Waals surface area contributed by atoms with Gasteiger partial charge in [-0.2, -0.15) is 0 Å². The first-order valence-electron chi connectivity index (χ1n) is 7.86. The molecule has 1 heterocycles. The van der Waals surface area contributed by atoms with E-state index < -0.39 is 0 Å². The van der Waals surface area contributed by atoms with Gasteiger partial charge in [-0.25, -0.2) is 9.97 Å². The summed E-state index contributed by atoms with van der Waals surface area (Å²) in [6, 6.07) is 15.9. The maximum Gasteiger partial charge on any atom is 0.135 e. The first-order valence-corrected chi connectivity index (χ1v) is 8.66. The van der Waals surface area contributed by atoms with Crippen LogP contribution in [0.4, 0.5) is 17.3 Å². The molecule has 0 radical (unpaired) electrons. The molecule has 5 nitrogen and oxygen atoms in total. The van der Waals surface area contributed by atoms with Crippen LogP contribution in [-0.2, 0) is 6.54 Å². The average Bonchev–Trinajstić information content (AvgIpc) is 2.63. The van der Waals surface area contributed by atoms with Crippen LogP contribution >= 0.6 is 15.9 Å². The Morgan fingerprint density at radius 1 is 1.04 bits per heavy atom. The quantitative estimate of drug-likeness (QED) is 0.617. The number of benzene rings is 2. The Bertz CT molecular complexity index is 870. The van der Waals surface area contributed by atoms with Crippen LogP contribution in [0.15, 0.2) is 59.3 Å². The zero-order valence-corrected chi connectivity index (χ0v) is 15.7. The molecule has 2 aromatic carbocycles. The molecule has 6 heteroatoms. The number of hydrogen-bond donors (Lipinski definition) is 2. The zero-order chi connectivity index (χ0) is 17.6. The van der Waals surface area contributed by atoms with Crippen LogP contribution < -0.4 is 15.4 Å². The third-order valence-electron chi connectivity index (χ3n) is 3.77. The third-order valence-corrected chi connectivity index (χ3v) is 4.26. The van der Waals surface area contributed by atoms with Crippen LogP contribution in [-0.4, -0.2) is 17.1 Å². The van der Waals surface area contributed by atoms with Gasteiger partial charge in [-0.1, -0.05) is 34.1 Å². The van der Waals surface area contributed by atoms with E-state index in [1.807, 2.05) is 42.5 Å². The van der Waals surface area contributed by atoms with Gasteiger partial charge in [0.25, 0.3) is 0 Å². The van der Waals surface area contributed by atoms with Gasteiger partial charge in [0.15, 0.2) is 0 Å². The number of methoxy groups -OCH3 is 1. The van der Waals surface area contributed by atoms with E-state index in [1.165, 1.54) is 0 Å². The van der Waals surface area contributed by atoms with E-state index in [2.05, 4.69) is 49.5 Å². The van der Waals surface area contributed by atoms with E-state index in [0.717, 1.165) is 38.7 Å². The largest absolute Gasteiger partial charge is 0.496 e. The van der Waals surface area contributed by atoms with Crippen molar-refractivity contribution in [3.63, 3.8) is 0 Å². The zero-order valence-electron chi connectivity index (χ0n) is 14.1. The van der Waals surface area contributed by atoms with Crippen molar-refractivity contribution in [1.82, 2.24) is 9.97 Å². The van der Waals surface area contributed by atoms with Gasteiger partial charge >= 0.3 is 0 Å². The van der Waals surface area contributed by atoms with Crippen LogP contribution in [0.3, 0.4) is 0 Å². The third kappa shape index (κ3) is 4.48. The minimum Gasteiger partial charge on any atom is -0.496 e. The lowest BCUT2D eigenvalue weighted by atomic mass is 10.2. The number of ether oxygens (including phenoxy) is 1. The van der Waals surface area contributed by atoms with Gasteiger partial charge < -0.3 is 15.4 Å². The van der Waals surface area contributed by atoms with Crippen molar-refractivity contribution in [2.24, 2.45) is 0 Å². The molecule has 3 aromatic rings. The van der Waals surface area contributed by atoms with E-state index in [9.17, 15) is 0 Å². The summed E-state index contributed by atoms with van der Waals surface area (Å²) < 4.78 is 6.42. The summed E-state index contributed by atoms with van der Waals surface area (Å²) in [5.41, 5.74) is 3.22. The average molecular weight is 399 g/mol. The van der Waals surface area contributed by atoms with Gasteiger partial charge in [-0.15, -0.1) is 0 Å². The molecule has 1 aromatic heterocycles. The van der Waals surface area contributed by atoms with Crippen molar-refractivity contribution >= 4 is 33.3 Å². The predicted octanol–water partition coefficient (Wildman–Crippen LogP) is 4.91. The van der Waals surface area contributed by atoms with Crippen molar-refractivity contribution in [1.29, 1.82) is 0 Å². The highest BCUT2D eigenvalue weighted by molar-refractivity contribution is 9.10. The second-order valence-electron chi connectivity index (χ2n) is 5.54. The van der Waals surface area contributed by atoms with Gasteiger partial charge in [-0.3, -0.25) is 0 Å². The molecule has 0 unspecified atom stereocenters. The van der Waals surface area contributed by atoms with E-state index in [-0.39, 0.29) is 0 Å². The summed E-state index contributed by atoms with van der Waals surface area (Å²) in [6.07, 6.45) is 1.54. The topological polar surface area (TPSA) is 59.1 Å². The molecular formula is C19H19BrN4O. The molecular weight excluding hydrogens is 380 g/mol. The van der Waals surface area contributed by atoms with E-state index in [1.54, 1.807) is 13.4 Å². The Labute approximate surface area is 155 Å². The van der Waals surface area contributed by atoms with Crippen LogP contribution in [0.2, 0.25) is 0 Å². The van der Waals surface area contributed by atoms with E-state index in [4.69, 9.17) is 4.74 Å². The molecule has 3 rings (SSSR count). The lowest BCUT2D eigenvalue weighted by Gasteiger charge is -2.12. The smallest absolute Gasteiger partial charge is 0.135 e. The molecule has 0 saturated carbocycles. The minimum atomic E-state index is 0.623. The number of rotatable bonds is 6. The maximum absolute atomic E-state index is 5.37. The van der Waals surface area contributed by atoms with Gasteiger partial charge in [0.2, 0.25) is 0 Å². The van der Waals surface area contributed by atoms with Gasteiger partial charge in [0, 0.05) is 28.3 Å². The minimum absolute atomic E-state index is 0.623. The summed E-state index contributed by atoms with van der Waals surface area (Å²) in [7, 11) is 1.67. The highest BCUT2D eigenvalue weighted by Crippen LogP contribution is 2.24. The molecule has 2 N–H and O–H groups in total. The Morgan fingerprint density at radius 2 is 1.84 bits per heavy atom. The SMILES string of the molecule is COc1ccccc1CNc1cc(Nc2ccc(Br)cc2C)ncn1. The number of para-hydroxylation sites is 1. The number of hydrogen-bond acceptors (Lipinski definition) is 5. The summed E-state index contributed by atoms with van der Waals surface area (Å²) in [4.78, 5) is 8.57. The van der Waals surface area contributed by atoms with Crippen LogP contribution in [0, 0.1) is 6.92 Å². The summed E-state index contributed by atoms with van der Waals surface area (Å²) >= 11 is 3.47. The monoisotopic (exact) mass is 398 g/mol. The Kier molecular flexibility index (Phi) is 5.50. The van der Waals surface area contributed by atoms with Crippen molar-refractivity contribution in [2.45, 2.75) is 13.5 Å². The molecule has 0 amide bonds. The number of nitrogens with one attached hydrogen (secondary N) is 2. The van der Waals surface area contributed by atoms with Gasteiger partial charge in [0.05, 0.1) is 7.11 Å². The van der Waals surface area contributed by atoms with Crippen LogP contribution in [0.1, 0.15) is 11.1 Å². The van der Waals surface area contributed by atoms with Crippen molar-refractivity contribution < 1.29 is 4.74 Å². The molecule has 0 spiro atoms. The molecule has 0 fully saturated rings. The molecule has 0 aliphatic heterocycles. The van der Waals surface area contributed by atoms with Crippen LogP contribution in [0.5, 0.6) is 5.75 Å². The van der Waals surface area contributed by atoms with E-state index in [0.29, 0.717) is 6.54 Å². The van der Waals surface area contributed by atoms with Crippen LogP contribution in [0.25, 0.3) is 0 Å². The van der Waals surface area contributed by atoms with Crippen molar-refractivity contribution in [2.75, 3.05) is 17.7 Å². The standard InChI is InChI=1S/C19H19BrN4O/c1-13-9-15(20)7-8-16(13)24-19-10-18(22-12-23-19)21-11-14-5-3-4-6-17(14)25-2/h3-10,12H,11H2,1-2H3,(H2,21,22,23,24). The second kappa shape index (κ2) is 7.98. The fourth-order valence-electron chi connectivity index (χ4n) is 2.46. The molecule has 0 saturated heterocycles. The lowest BCUT2D eigenvalue weighted by molar-refractivity contribution is 0.410. The normalized spacial score (nSPS) is 10.4. The van der Waals surface area contributed by atoms with Gasteiger partial charge in [-0.05, 0) is 36.8 Å². The number of aromatic nitrogens is 2. The molecule has 0 aliphatic rings. The Hall–Kier alpha value is -2.60. The molecule has 0 atom stereocenters.